The lowest BCUT2D eigenvalue weighted by Gasteiger charge is -2.17. The average molecular weight is 491 g/mol. The number of benzene rings is 4. The van der Waals surface area contributed by atoms with Crippen molar-refractivity contribution < 1.29 is 14.0 Å². The van der Waals surface area contributed by atoms with Crippen molar-refractivity contribution in [1.29, 1.82) is 0 Å². The van der Waals surface area contributed by atoms with Crippen molar-refractivity contribution in [3.63, 3.8) is 0 Å². The van der Waals surface area contributed by atoms with E-state index in [0.717, 1.165) is 10.5 Å². The highest BCUT2D eigenvalue weighted by Crippen LogP contribution is 2.37. The summed E-state index contributed by atoms with van der Waals surface area (Å²) in [6.07, 6.45) is 0. The Morgan fingerprint density at radius 3 is 2.15 bits per heavy atom. The minimum absolute atomic E-state index is 0.174. The summed E-state index contributed by atoms with van der Waals surface area (Å²) in [6, 6.07) is 29.1. The van der Waals surface area contributed by atoms with Crippen LogP contribution in [0.5, 0.6) is 0 Å². The monoisotopic (exact) mass is 490 g/mol. The van der Waals surface area contributed by atoms with Crippen LogP contribution in [0.25, 0.3) is 0 Å². The zero-order valence-corrected chi connectivity index (χ0v) is 19.4. The Morgan fingerprint density at radius 2 is 1.47 bits per heavy atom. The van der Waals surface area contributed by atoms with E-state index in [2.05, 4.69) is 10.6 Å². The molecule has 4 nitrogen and oxygen atoms in total. The molecule has 0 saturated heterocycles. The van der Waals surface area contributed by atoms with E-state index in [1.165, 1.54) is 36.0 Å². The van der Waals surface area contributed by atoms with Crippen molar-refractivity contribution in [2.75, 3.05) is 10.6 Å². The van der Waals surface area contributed by atoms with E-state index in [1.54, 1.807) is 36.4 Å². The van der Waals surface area contributed by atoms with Gasteiger partial charge in [0.1, 0.15) is 11.1 Å². The van der Waals surface area contributed by atoms with Gasteiger partial charge in [0.2, 0.25) is 5.91 Å². The second-order valence-electron chi connectivity index (χ2n) is 7.39. The molecule has 4 rings (SSSR count). The maximum Gasteiger partial charge on any atom is 0.255 e. The zero-order valence-electron chi connectivity index (χ0n) is 17.9. The molecule has 7 heteroatoms. The van der Waals surface area contributed by atoms with Gasteiger partial charge in [0, 0.05) is 26.9 Å². The van der Waals surface area contributed by atoms with E-state index in [-0.39, 0.29) is 11.8 Å². The van der Waals surface area contributed by atoms with Gasteiger partial charge in [-0.3, -0.25) is 9.59 Å². The number of nitrogens with one attached hydrogen (secondary N) is 2. The number of hydrogen-bond donors (Lipinski definition) is 2. The SMILES string of the molecule is O=C(Nc1ccc(SC(C(=O)Nc2cccc(Cl)c2)c2ccccc2)cc1)c1ccc(F)cc1. The maximum absolute atomic E-state index is 13.2. The van der Waals surface area contributed by atoms with Gasteiger partial charge in [0.15, 0.2) is 0 Å². The molecule has 2 N–H and O–H groups in total. The van der Waals surface area contributed by atoms with E-state index in [1.807, 2.05) is 42.5 Å². The first-order valence-corrected chi connectivity index (χ1v) is 11.7. The summed E-state index contributed by atoms with van der Waals surface area (Å²) in [7, 11) is 0. The first kappa shape index (κ1) is 23.5. The summed E-state index contributed by atoms with van der Waals surface area (Å²) in [5.41, 5.74) is 2.44. The first-order valence-electron chi connectivity index (χ1n) is 10.4. The predicted octanol–water partition coefficient (Wildman–Crippen LogP) is 7.20. The summed E-state index contributed by atoms with van der Waals surface area (Å²) in [6.45, 7) is 0. The fraction of sp³-hybridized carbons (Fsp3) is 0.0370. The van der Waals surface area contributed by atoms with Crippen LogP contribution >= 0.6 is 23.4 Å². The molecule has 1 unspecified atom stereocenters. The molecule has 0 saturated carbocycles. The van der Waals surface area contributed by atoms with Gasteiger partial charge in [-0.1, -0.05) is 48.0 Å². The highest BCUT2D eigenvalue weighted by Gasteiger charge is 2.22. The lowest BCUT2D eigenvalue weighted by atomic mass is 10.1. The fourth-order valence-electron chi connectivity index (χ4n) is 3.23. The summed E-state index contributed by atoms with van der Waals surface area (Å²) in [5, 5.41) is 5.76. The molecule has 0 spiro atoms. The summed E-state index contributed by atoms with van der Waals surface area (Å²) in [5.74, 6) is -0.902. The number of rotatable bonds is 7. The van der Waals surface area contributed by atoms with Gasteiger partial charge in [0.25, 0.3) is 5.91 Å². The molecule has 0 aliphatic rings. The molecule has 0 aliphatic carbocycles. The number of carbonyl (C=O) groups is 2. The lowest BCUT2D eigenvalue weighted by molar-refractivity contribution is -0.115. The zero-order chi connectivity index (χ0) is 23.9. The maximum atomic E-state index is 13.2. The van der Waals surface area contributed by atoms with Crippen molar-refractivity contribution in [1.82, 2.24) is 0 Å². The van der Waals surface area contributed by atoms with E-state index in [0.29, 0.717) is 22.0 Å². The third-order valence-corrected chi connectivity index (χ3v) is 6.41. The molecule has 0 bridgehead atoms. The predicted molar refractivity (Wildman–Crippen MR) is 136 cm³/mol. The molecule has 4 aromatic carbocycles. The van der Waals surface area contributed by atoms with Crippen LogP contribution in [-0.2, 0) is 4.79 Å². The van der Waals surface area contributed by atoms with Crippen LogP contribution in [0.4, 0.5) is 15.8 Å². The van der Waals surface area contributed by atoms with Gasteiger partial charge in [-0.05, 0) is 72.3 Å². The van der Waals surface area contributed by atoms with Crippen LogP contribution in [0.2, 0.25) is 5.02 Å². The number of halogens is 2. The highest BCUT2D eigenvalue weighted by molar-refractivity contribution is 8.00. The largest absolute Gasteiger partial charge is 0.325 e. The molecule has 170 valence electrons. The Hall–Kier alpha value is -3.61. The number of hydrogen-bond acceptors (Lipinski definition) is 3. The Kier molecular flexibility index (Phi) is 7.62. The van der Waals surface area contributed by atoms with E-state index in [4.69, 9.17) is 11.6 Å². The van der Waals surface area contributed by atoms with Gasteiger partial charge in [-0.25, -0.2) is 4.39 Å². The van der Waals surface area contributed by atoms with Gasteiger partial charge in [0.05, 0.1) is 0 Å². The number of amides is 2. The van der Waals surface area contributed by atoms with Gasteiger partial charge < -0.3 is 10.6 Å². The Morgan fingerprint density at radius 1 is 0.765 bits per heavy atom. The van der Waals surface area contributed by atoms with Crippen molar-refractivity contribution in [2.24, 2.45) is 0 Å². The Bertz CT molecular complexity index is 1280. The minimum Gasteiger partial charge on any atom is -0.325 e. The molecule has 34 heavy (non-hydrogen) atoms. The topological polar surface area (TPSA) is 58.2 Å². The van der Waals surface area contributed by atoms with Crippen LogP contribution < -0.4 is 10.6 Å². The van der Waals surface area contributed by atoms with Crippen LogP contribution in [-0.4, -0.2) is 11.8 Å². The lowest BCUT2D eigenvalue weighted by Crippen LogP contribution is -2.19. The summed E-state index contributed by atoms with van der Waals surface area (Å²) >= 11 is 7.45. The first-order chi connectivity index (χ1) is 16.5. The molecule has 4 aromatic rings. The highest BCUT2D eigenvalue weighted by atomic mass is 35.5. The van der Waals surface area contributed by atoms with Gasteiger partial charge in [-0.2, -0.15) is 0 Å². The van der Waals surface area contributed by atoms with Crippen LogP contribution in [0.3, 0.4) is 0 Å². The quantitative estimate of drug-likeness (QED) is 0.269. The second-order valence-corrected chi connectivity index (χ2v) is 9.01. The van der Waals surface area contributed by atoms with Crippen molar-refractivity contribution in [2.45, 2.75) is 10.1 Å². The molecule has 0 radical (unpaired) electrons. The number of thioether (sulfide) groups is 1. The minimum atomic E-state index is -0.500. The Labute approximate surface area is 206 Å². The second kappa shape index (κ2) is 11.0. The number of carbonyl (C=O) groups excluding carboxylic acids is 2. The molecule has 1 atom stereocenters. The normalized spacial score (nSPS) is 11.5. The molecular formula is C27H20ClFN2O2S. The van der Waals surface area contributed by atoms with E-state index >= 15 is 0 Å². The molecule has 0 heterocycles. The molecular weight excluding hydrogens is 471 g/mol. The van der Waals surface area contributed by atoms with Gasteiger partial charge in [-0.15, -0.1) is 11.8 Å². The average Bonchev–Trinajstić information content (AvgIpc) is 2.84. The summed E-state index contributed by atoms with van der Waals surface area (Å²) < 4.78 is 13.1. The van der Waals surface area contributed by atoms with Crippen molar-refractivity contribution >= 4 is 46.6 Å². The molecule has 0 fully saturated rings. The number of anilines is 2. The van der Waals surface area contributed by atoms with Crippen LogP contribution in [0.1, 0.15) is 21.2 Å². The molecule has 0 aliphatic heterocycles. The molecule has 0 aromatic heterocycles. The molecule has 2 amide bonds. The standard InChI is InChI=1S/C27H20ClFN2O2S/c28-20-7-4-8-23(17-20)31-27(33)25(18-5-2-1-3-6-18)34-24-15-13-22(14-16-24)30-26(32)19-9-11-21(29)12-10-19/h1-17,25H,(H,30,32)(H,31,33). The van der Waals surface area contributed by atoms with E-state index < -0.39 is 11.1 Å². The fourth-order valence-corrected chi connectivity index (χ4v) is 4.45. The third kappa shape index (κ3) is 6.25. The van der Waals surface area contributed by atoms with Crippen molar-refractivity contribution in [3.8, 4) is 0 Å². The third-order valence-electron chi connectivity index (χ3n) is 4.91. The van der Waals surface area contributed by atoms with Crippen LogP contribution in [0.15, 0.2) is 108 Å². The van der Waals surface area contributed by atoms with Crippen molar-refractivity contribution in [3.05, 3.63) is 125 Å². The van der Waals surface area contributed by atoms with Gasteiger partial charge >= 0.3 is 0 Å². The van der Waals surface area contributed by atoms with E-state index in [9.17, 15) is 14.0 Å². The smallest absolute Gasteiger partial charge is 0.255 e. The Balaban J connectivity index is 1.48. The summed E-state index contributed by atoms with van der Waals surface area (Å²) in [4.78, 5) is 26.4. The van der Waals surface area contributed by atoms with Crippen LogP contribution in [0, 0.1) is 5.82 Å².